The summed E-state index contributed by atoms with van der Waals surface area (Å²) in [4.78, 5) is 18.6. The number of carboxylic acids is 1. The van der Waals surface area contributed by atoms with E-state index in [1.165, 1.54) is 19.5 Å². The summed E-state index contributed by atoms with van der Waals surface area (Å²) in [6, 6.07) is 1.03. The van der Waals surface area contributed by atoms with Crippen molar-refractivity contribution in [1.82, 2.24) is 9.97 Å². The summed E-state index contributed by atoms with van der Waals surface area (Å²) in [5.41, 5.74) is 0.180. The number of rotatable bonds is 6. The molecule has 0 fully saturated rings. The van der Waals surface area contributed by atoms with Crippen LogP contribution in [0.4, 0.5) is 5.82 Å². The fourth-order valence-corrected chi connectivity index (χ4v) is 1.13. The molecule has 1 atom stereocenters. The normalized spacial score (nSPS) is 11.5. The van der Waals surface area contributed by atoms with Gasteiger partial charge in [0.15, 0.2) is 5.69 Å². The average Bonchev–Trinajstić information content (AvgIpc) is 2.35. The molecule has 0 aliphatic rings. The van der Waals surface area contributed by atoms with E-state index in [4.69, 9.17) is 15.1 Å². The zero-order valence-corrected chi connectivity index (χ0v) is 9.25. The predicted octanol–water partition coefficient (Wildman–Crippen LogP) is 0.250. The van der Waals surface area contributed by atoms with Gasteiger partial charge in [0.05, 0.1) is 12.4 Å². The minimum Gasteiger partial charge on any atom is -0.480 e. The first-order chi connectivity index (χ1) is 8.17. The summed E-state index contributed by atoms with van der Waals surface area (Å²) in [5, 5.41) is 20.2. The molecule has 0 aliphatic heterocycles. The van der Waals surface area contributed by atoms with Crippen molar-refractivity contribution in [1.29, 1.82) is 5.26 Å². The Hall–Kier alpha value is -2.20. The van der Waals surface area contributed by atoms with Crippen LogP contribution in [0.5, 0.6) is 0 Å². The van der Waals surface area contributed by atoms with E-state index in [2.05, 4.69) is 15.3 Å². The second-order valence-electron chi connectivity index (χ2n) is 3.22. The highest BCUT2D eigenvalue weighted by molar-refractivity contribution is 5.76. The average molecular weight is 236 g/mol. The summed E-state index contributed by atoms with van der Waals surface area (Å²) in [6.45, 7) is 0.327. The van der Waals surface area contributed by atoms with Gasteiger partial charge < -0.3 is 15.2 Å². The number of aliphatic carboxylic acids is 1. The molecule has 0 aliphatic carbocycles. The SMILES string of the molecule is COCCC(Nc1cnc(C#N)cn1)C(=O)O. The molecule has 0 saturated heterocycles. The molecule has 1 heterocycles. The van der Waals surface area contributed by atoms with E-state index in [1.54, 1.807) is 0 Å². The minimum atomic E-state index is -0.992. The van der Waals surface area contributed by atoms with E-state index in [9.17, 15) is 4.79 Å². The Labute approximate surface area is 98.1 Å². The Bertz CT molecular complexity index is 413. The van der Waals surface area contributed by atoms with Gasteiger partial charge in [0, 0.05) is 20.1 Å². The third-order valence-electron chi connectivity index (χ3n) is 2.00. The number of nitrogens with one attached hydrogen (secondary N) is 1. The van der Waals surface area contributed by atoms with Crippen molar-refractivity contribution < 1.29 is 14.6 Å². The van der Waals surface area contributed by atoms with E-state index in [0.29, 0.717) is 18.8 Å². The third kappa shape index (κ3) is 4.04. The summed E-state index contributed by atoms with van der Waals surface area (Å²) >= 11 is 0. The van der Waals surface area contributed by atoms with Crippen LogP contribution in [0.2, 0.25) is 0 Å². The lowest BCUT2D eigenvalue weighted by Crippen LogP contribution is -2.30. The van der Waals surface area contributed by atoms with Crippen LogP contribution in [0.25, 0.3) is 0 Å². The van der Waals surface area contributed by atoms with Crippen LogP contribution in [0.1, 0.15) is 12.1 Å². The maximum absolute atomic E-state index is 10.9. The Morgan fingerprint density at radius 1 is 1.65 bits per heavy atom. The molecule has 1 aromatic rings. The lowest BCUT2D eigenvalue weighted by Gasteiger charge is -2.13. The van der Waals surface area contributed by atoms with Gasteiger partial charge in [0.2, 0.25) is 0 Å². The van der Waals surface area contributed by atoms with Crippen molar-refractivity contribution in [3.8, 4) is 6.07 Å². The number of methoxy groups -OCH3 is 1. The molecule has 17 heavy (non-hydrogen) atoms. The molecular weight excluding hydrogens is 224 g/mol. The van der Waals surface area contributed by atoms with E-state index in [-0.39, 0.29) is 5.69 Å². The molecule has 90 valence electrons. The number of hydrogen-bond acceptors (Lipinski definition) is 6. The van der Waals surface area contributed by atoms with Crippen molar-refractivity contribution in [2.24, 2.45) is 0 Å². The molecule has 0 saturated carbocycles. The second kappa shape index (κ2) is 6.40. The van der Waals surface area contributed by atoms with Gasteiger partial charge in [-0.3, -0.25) is 0 Å². The number of ether oxygens (including phenoxy) is 1. The fraction of sp³-hybridized carbons (Fsp3) is 0.400. The van der Waals surface area contributed by atoms with Crippen molar-refractivity contribution in [3.63, 3.8) is 0 Å². The van der Waals surface area contributed by atoms with E-state index in [0.717, 1.165) is 0 Å². The third-order valence-corrected chi connectivity index (χ3v) is 2.00. The number of nitriles is 1. The first-order valence-corrected chi connectivity index (χ1v) is 4.87. The zero-order valence-electron chi connectivity index (χ0n) is 9.25. The van der Waals surface area contributed by atoms with Crippen molar-refractivity contribution in [3.05, 3.63) is 18.1 Å². The largest absolute Gasteiger partial charge is 0.480 e. The predicted molar refractivity (Wildman–Crippen MR) is 58.3 cm³/mol. The fourth-order valence-electron chi connectivity index (χ4n) is 1.13. The van der Waals surface area contributed by atoms with Crippen molar-refractivity contribution in [2.45, 2.75) is 12.5 Å². The Morgan fingerprint density at radius 3 is 2.88 bits per heavy atom. The van der Waals surface area contributed by atoms with Gasteiger partial charge >= 0.3 is 5.97 Å². The first kappa shape index (κ1) is 12.9. The summed E-state index contributed by atoms with van der Waals surface area (Å²) in [6.07, 6.45) is 2.91. The van der Waals surface area contributed by atoms with Gasteiger partial charge in [-0.1, -0.05) is 0 Å². The Morgan fingerprint density at radius 2 is 2.41 bits per heavy atom. The number of carbonyl (C=O) groups is 1. The molecule has 0 bridgehead atoms. The van der Waals surface area contributed by atoms with Gasteiger partial charge in [0.25, 0.3) is 0 Å². The van der Waals surface area contributed by atoms with Gasteiger partial charge in [0.1, 0.15) is 17.9 Å². The van der Waals surface area contributed by atoms with E-state index >= 15 is 0 Å². The van der Waals surface area contributed by atoms with E-state index in [1.807, 2.05) is 6.07 Å². The van der Waals surface area contributed by atoms with Gasteiger partial charge in [-0.2, -0.15) is 5.26 Å². The van der Waals surface area contributed by atoms with Crippen LogP contribution in [0.15, 0.2) is 12.4 Å². The number of aromatic nitrogens is 2. The van der Waals surface area contributed by atoms with Crippen molar-refractivity contribution >= 4 is 11.8 Å². The number of anilines is 1. The Kier molecular flexibility index (Phi) is 4.84. The first-order valence-electron chi connectivity index (χ1n) is 4.87. The molecule has 7 heteroatoms. The molecule has 7 nitrogen and oxygen atoms in total. The molecule has 2 N–H and O–H groups in total. The van der Waals surface area contributed by atoms with Crippen LogP contribution >= 0.6 is 0 Å². The molecule has 0 spiro atoms. The van der Waals surface area contributed by atoms with Crippen LogP contribution in [-0.2, 0) is 9.53 Å². The highest BCUT2D eigenvalue weighted by Crippen LogP contribution is 2.05. The van der Waals surface area contributed by atoms with Crippen LogP contribution in [0.3, 0.4) is 0 Å². The van der Waals surface area contributed by atoms with Crippen LogP contribution in [0, 0.1) is 11.3 Å². The molecule has 0 aromatic carbocycles. The summed E-state index contributed by atoms with van der Waals surface area (Å²) < 4.78 is 4.81. The minimum absolute atomic E-state index is 0.180. The monoisotopic (exact) mass is 236 g/mol. The highest BCUT2D eigenvalue weighted by Gasteiger charge is 2.17. The number of hydrogen-bond donors (Lipinski definition) is 2. The highest BCUT2D eigenvalue weighted by atomic mass is 16.5. The molecule has 0 amide bonds. The zero-order chi connectivity index (χ0) is 12.7. The van der Waals surface area contributed by atoms with E-state index < -0.39 is 12.0 Å². The quantitative estimate of drug-likeness (QED) is 0.728. The van der Waals surface area contributed by atoms with Gasteiger partial charge in [-0.25, -0.2) is 14.8 Å². The molecular formula is C10H12N4O3. The Balaban J connectivity index is 2.65. The van der Waals surface area contributed by atoms with Gasteiger partial charge in [-0.15, -0.1) is 0 Å². The number of nitrogens with zero attached hydrogens (tertiary/aromatic N) is 3. The number of carboxylic acid groups (broad SMARTS) is 1. The van der Waals surface area contributed by atoms with Crippen molar-refractivity contribution in [2.75, 3.05) is 19.0 Å². The van der Waals surface area contributed by atoms with Crippen LogP contribution in [-0.4, -0.2) is 40.8 Å². The standard InChI is InChI=1S/C10H12N4O3/c1-17-3-2-8(10(15)16)14-9-6-12-7(4-11)5-13-9/h5-6,8H,2-3H2,1H3,(H,13,14)(H,15,16). The molecule has 1 rings (SSSR count). The summed E-state index contributed by atoms with van der Waals surface area (Å²) in [7, 11) is 1.50. The second-order valence-corrected chi connectivity index (χ2v) is 3.22. The van der Waals surface area contributed by atoms with Gasteiger partial charge in [-0.05, 0) is 0 Å². The topological polar surface area (TPSA) is 108 Å². The molecule has 0 radical (unpaired) electrons. The smallest absolute Gasteiger partial charge is 0.326 e. The molecule has 1 unspecified atom stereocenters. The maximum atomic E-state index is 10.9. The lowest BCUT2D eigenvalue weighted by atomic mass is 10.2. The molecule has 1 aromatic heterocycles. The summed E-state index contributed by atoms with van der Waals surface area (Å²) in [5.74, 6) is -0.680. The maximum Gasteiger partial charge on any atom is 0.326 e. The van der Waals surface area contributed by atoms with Crippen LogP contribution < -0.4 is 5.32 Å². The lowest BCUT2D eigenvalue weighted by molar-refractivity contribution is -0.138.